The molecule has 1 atom stereocenters. The van der Waals surface area contributed by atoms with Crippen LogP contribution in [0.1, 0.15) is 51.9 Å². The van der Waals surface area contributed by atoms with Crippen LogP contribution in [0.3, 0.4) is 0 Å². The van der Waals surface area contributed by atoms with E-state index in [-0.39, 0.29) is 0 Å². The molecule has 1 aliphatic carbocycles. The minimum atomic E-state index is 0.593. The molecule has 0 amide bonds. The van der Waals surface area contributed by atoms with E-state index < -0.39 is 0 Å². The molecule has 0 saturated carbocycles. The van der Waals surface area contributed by atoms with Gasteiger partial charge in [-0.1, -0.05) is 18.6 Å². The highest BCUT2D eigenvalue weighted by molar-refractivity contribution is 5.07. The lowest BCUT2D eigenvalue weighted by atomic mass is 9.93. The van der Waals surface area contributed by atoms with Crippen LogP contribution in [0.15, 0.2) is 11.6 Å². The van der Waals surface area contributed by atoms with Crippen molar-refractivity contribution in [2.75, 3.05) is 6.54 Å². The summed E-state index contributed by atoms with van der Waals surface area (Å²) < 4.78 is 0. The Balaban J connectivity index is 2.35. The zero-order valence-corrected chi connectivity index (χ0v) is 9.89. The molecule has 0 aromatic rings. The highest BCUT2D eigenvalue weighted by Crippen LogP contribution is 2.22. The van der Waals surface area contributed by atoms with E-state index in [2.05, 4.69) is 24.2 Å². The highest BCUT2D eigenvalue weighted by Gasteiger charge is 2.11. The molecule has 0 aromatic heterocycles. The zero-order chi connectivity index (χ0) is 10.9. The Bertz CT molecular complexity index is 234. The fourth-order valence-corrected chi connectivity index (χ4v) is 2.23. The van der Waals surface area contributed by atoms with E-state index in [1.165, 1.54) is 32.1 Å². The summed E-state index contributed by atoms with van der Waals surface area (Å²) in [6, 6.07) is 0.593. The number of allylic oxidation sites excluding steroid dienone is 1. The normalized spacial score (nSPS) is 18.0. The van der Waals surface area contributed by atoms with Gasteiger partial charge in [-0.3, -0.25) is 0 Å². The maximum Gasteiger partial charge on any atom is 0.0113 e. The van der Waals surface area contributed by atoms with Gasteiger partial charge in [0.2, 0.25) is 0 Å². The molecule has 1 N–H and O–H groups in total. The molecule has 0 spiro atoms. The summed E-state index contributed by atoms with van der Waals surface area (Å²) in [5.74, 6) is 2.73. The lowest BCUT2D eigenvalue weighted by Crippen LogP contribution is -2.29. The van der Waals surface area contributed by atoms with Crippen LogP contribution in [-0.2, 0) is 0 Å². The summed E-state index contributed by atoms with van der Waals surface area (Å²) in [5.41, 5.74) is 1.64. The van der Waals surface area contributed by atoms with Gasteiger partial charge in [0.05, 0.1) is 0 Å². The van der Waals surface area contributed by atoms with Crippen molar-refractivity contribution in [3.05, 3.63) is 11.6 Å². The number of terminal acetylenes is 1. The molecular weight excluding hydrogens is 182 g/mol. The first-order chi connectivity index (χ1) is 7.36. The molecule has 0 fully saturated rings. The predicted molar refractivity (Wildman–Crippen MR) is 66.7 cm³/mol. The van der Waals surface area contributed by atoms with Crippen molar-refractivity contribution in [2.45, 2.75) is 57.9 Å². The second kappa shape index (κ2) is 7.54. The van der Waals surface area contributed by atoms with Crippen molar-refractivity contribution in [3.63, 3.8) is 0 Å². The van der Waals surface area contributed by atoms with Crippen LogP contribution in [0, 0.1) is 12.3 Å². The van der Waals surface area contributed by atoms with Gasteiger partial charge in [0.15, 0.2) is 0 Å². The maximum atomic E-state index is 5.31. The smallest absolute Gasteiger partial charge is 0.0113 e. The molecule has 0 aromatic carbocycles. The third kappa shape index (κ3) is 5.04. The van der Waals surface area contributed by atoms with E-state index in [9.17, 15) is 0 Å². The molecule has 1 rings (SSSR count). The first-order valence-electron chi connectivity index (χ1n) is 6.21. The van der Waals surface area contributed by atoms with Crippen molar-refractivity contribution < 1.29 is 0 Å². The van der Waals surface area contributed by atoms with E-state index in [0.717, 1.165) is 19.4 Å². The van der Waals surface area contributed by atoms with Crippen LogP contribution in [0.4, 0.5) is 0 Å². The summed E-state index contributed by atoms with van der Waals surface area (Å²) in [6.45, 7) is 3.21. The fraction of sp³-hybridized carbons (Fsp3) is 0.714. The molecule has 1 aliphatic rings. The number of hydrogen-bond donors (Lipinski definition) is 1. The van der Waals surface area contributed by atoms with Crippen LogP contribution < -0.4 is 5.32 Å². The quantitative estimate of drug-likeness (QED) is 0.518. The lowest BCUT2D eigenvalue weighted by molar-refractivity contribution is 0.483. The van der Waals surface area contributed by atoms with Gasteiger partial charge in [-0.05, 0) is 45.1 Å². The molecule has 0 heterocycles. The topological polar surface area (TPSA) is 12.0 Å². The van der Waals surface area contributed by atoms with Crippen LogP contribution >= 0.6 is 0 Å². The van der Waals surface area contributed by atoms with E-state index in [0.29, 0.717) is 6.04 Å². The van der Waals surface area contributed by atoms with Gasteiger partial charge in [0, 0.05) is 12.5 Å². The number of nitrogens with one attached hydrogen (secondary N) is 1. The van der Waals surface area contributed by atoms with Crippen molar-refractivity contribution in [1.82, 2.24) is 5.32 Å². The Hall–Kier alpha value is -0.740. The van der Waals surface area contributed by atoms with Gasteiger partial charge >= 0.3 is 0 Å². The summed E-state index contributed by atoms with van der Waals surface area (Å²) in [7, 11) is 0. The largest absolute Gasteiger partial charge is 0.314 e. The molecule has 1 nitrogen and oxygen atoms in total. The van der Waals surface area contributed by atoms with Crippen molar-refractivity contribution in [2.24, 2.45) is 0 Å². The van der Waals surface area contributed by atoms with Crippen LogP contribution in [0.5, 0.6) is 0 Å². The first-order valence-corrected chi connectivity index (χ1v) is 6.21. The Labute approximate surface area is 94.3 Å². The van der Waals surface area contributed by atoms with Crippen molar-refractivity contribution >= 4 is 0 Å². The van der Waals surface area contributed by atoms with Gasteiger partial charge in [-0.15, -0.1) is 12.3 Å². The zero-order valence-electron chi connectivity index (χ0n) is 9.89. The molecular formula is C14H23N. The molecule has 15 heavy (non-hydrogen) atoms. The molecule has 1 unspecified atom stereocenters. The standard InChI is InChI=1S/C14H23N/c1-3-5-11-14(15-4-2)12-13-9-7-6-8-10-13/h1,9,14-15H,4-8,10-12H2,2H3. The van der Waals surface area contributed by atoms with Gasteiger partial charge < -0.3 is 5.32 Å². The molecule has 0 aliphatic heterocycles. The molecule has 0 radical (unpaired) electrons. The average Bonchev–Trinajstić information content (AvgIpc) is 2.28. The molecule has 84 valence electrons. The van der Waals surface area contributed by atoms with Crippen LogP contribution in [0.25, 0.3) is 0 Å². The SMILES string of the molecule is C#CCCC(CC1=CCCCC1)NCC. The second-order valence-electron chi connectivity index (χ2n) is 4.31. The Morgan fingerprint density at radius 1 is 1.53 bits per heavy atom. The van der Waals surface area contributed by atoms with Gasteiger partial charge in [-0.2, -0.15) is 0 Å². The van der Waals surface area contributed by atoms with Gasteiger partial charge in [0.25, 0.3) is 0 Å². The Kier molecular flexibility index (Phi) is 6.20. The van der Waals surface area contributed by atoms with Gasteiger partial charge in [-0.25, -0.2) is 0 Å². The molecule has 1 heteroatoms. The fourth-order valence-electron chi connectivity index (χ4n) is 2.23. The third-order valence-electron chi connectivity index (χ3n) is 3.02. The minimum Gasteiger partial charge on any atom is -0.314 e. The highest BCUT2D eigenvalue weighted by atomic mass is 14.9. The van der Waals surface area contributed by atoms with Gasteiger partial charge in [0.1, 0.15) is 0 Å². The monoisotopic (exact) mass is 205 g/mol. The van der Waals surface area contributed by atoms with Crippen LogP contribution in [0.2, 0.25) is 0 Å². The van der Waals surface area contributed by atoms with E-state index in [1.807, 2.05) is 0 Å². The average molecular weight is 205 g/mol. The van der Waals surface area contributed by atoms with Crippen molar-refractivity contribution in [1.29, 1.82) is 0 Å². The Morgan fingerprint density at radius 2 is 2.40 bits per heavy atom. The summed E-state index contributed by atoms with van der Waals surface area (Å²) in [6.07, 6.45) is 16.3. The maximum absolute atomic E-state index is 5.31. The lowest BCUT2D eigenvalue weighted by Gasteiger charge is -2.20. The third-order valence-corrected chi connectivity index (χ3v) is 3.02. The molecule has 0 saturated heterocycles. The molecule has 0 bridgehead atoms. The summed E-state index contributed by atoms with van der Waals surface area (Å²) >= 11 is 0. The predicted octanol–water partition coefficient (Wildman–Crippen LogP) is 3.27. The minimum absolute atomic E-state index is 0.593. The van der Waals surface area contributed by atoms with Crippen LogP contribution in [-0.4, -0.2) is 12.6 Å². The van der Waals surface area contributed by atoms with E-state index in [4.69, 9.17) is 6.42 Å². The van der Waals surface area contributed by atoms with Crippen molar-refractivity contribution in [3.8, 4) is 12.3 Å². The van der Waals surface area contributed by atoms with E-state index in [1.54, 1.807) is 5.57 Å². The number of rotatable bonds is 6. The Morgan fingerprint density at radius 3 is 3.00 bits per heavy atom. The second-order valence-corrected chi connectivity index (χ2v) is 4.31. The summed E-state index contributed by atoms with van der Waals surface area (Å²) in [5, 5.41) is 3.53. The number of hydrogen-bond acceptors (Lipinski definition) is 1. The summed E-state index contributed by atoms with van der Waals surface area (Å²) in [4.78, 5) is 0. The van der Waals surface area contributed by atoms with E-state index >= 15 is 0 Å². The first kappa shape index (κ1) is 12.3.